The molecule has 4 N–H and O–H groups in total. The van der Waals surface area contributed by atoms with E-state index in [9.17, 15) is 0 Å². The first-order valence-electron chi connectivity index (χ1n) is 10.1. The van der Waals surface area contributed by atoms with Crippen LogP contribution in [0.15, 0.2) is 24.5 Å². The van der Waals surface area contributed by atoms with Gasteiger partial charge in [-0.3, -0.25) is 9.59 Å². The van der Waals surface area contributed by atoms with Crippen molar-refractivity contribution < 1.29 is 34.0 Å². The first-order chi connectivity index (χ1) is 15.2. The molecule has 10 heteroatoms. The number of nitrogens with two attached hydrogens (primary N) is 1. The minimum atomic E-state index is -0.833. The van der Waals surface area contributed by atoms with E-state index in [-0.39, 0.29) is 6.04 Å². The van der Waals surface area contributed by atoms with Crippen molar-refractivity contribution in [2.24, 2.45) is 5.73 Å². The summed E-state index contributed by atoms with van der Waals surface area (Å²) in [5, 5.41) is 14.8. The van der Waals surface area contributed by atoms with Crippen LogP contribution >= 0.6 is 0 Å². The molecule has 32 heavy (non-hydrogen) atoms. The molecule has 1 fully saturated rings. The second-order valence-electron chi connectivity index (χ2n) is 7.16. The van der Waals surface area contributed by atoms with E-state index in [0.717, 1.165) is 50.9 Å². The van der Waals surface area contributed by atoms with Gasteiger partial charge in [0.15, 0.2) is 11.5 Å². The molecule has 0 bridgehead atoms. The lowest BCUT2D eigenvalue weighted by Gasteiger charge is -2.29. The highest BCUT2D eigenvalue weighted by atomic mass is 16.5. The maximum atomic E-state index is 9.00. The Balaban J connectivity index is 0.000000554. The van der Waals surface area contributed by atoms with E-state index in [0.29, 0.717) is 23.3 Å². The Bertz CT molecular complexity index is 862. The van der Waals surface area contributed by atoms with Gasteiger partial charge in [-0.1, -0.05) is 0 Å². The normalized spacial score (nSPS) is 17.1. The molecule has 0 unspecified atom stereocenters. The quantitative estimate of drug-likeness (QED) is 0.623. The van der Waals surface area contributed by atoms with Crippen LogP contribution < -0.4 is 19.9 Å². The van der Waals surface area contributed by atoms with Crippen molar-refractivity contribution in [1.82, 2.24) is 9.55 Å². The SMILES string of the molecule is CC(=O)O.CC(=O)O.COc1ccc(-c2nccn2[C@@H]2CCC[C@@H](N)C2)c(OC)c1OC. The number of hydrogen-bond donors (Lipinski definition) is 3. The van der Waals surface area contributed by atoms with Gasteiger partial charge in [-0.2, -0.15) is 0 Å². The minimum absolute atomic E-state index is 0.256. The Morgan fingerprint density at radius 3 is 2.12 bits per heavy atom. The standard InChI is InChI=1S/C18H25N3O3.2C2H4O2/c1-22-15-8-7-14(16(23-2)17(15)24-3)18-20-9-10-21(18)13-6-4-5-12(19)11-13;2*1-2(3)4/h7-10,12-13H,4-6,11,19H2,1-3H3;2*1H3,(H,3,4)/t12-,13-;;/m1../s1. The Hall–Kier alpha value is -3.27. The van der Waals surface area contributed by atoms with Crippen LogP contribution in [0, 0.1) is 0 Å². The van der Waals surface area contributed by atoms with Crippen molar-refractivity contribution in [2.45, 2.75) is 51.6 Å². The summed E-state index contributed by atoms with van der Waals surface area (Å²) < 4.78 is 18.7. The van der Waals surface area contributed by atoms with Crippen LogP contribution in [0.25, 0.3) is 11.4 Å². The minimum Gasteiger partial charge on any atom is -0.493 e. The fraction of sp³-hybridized carbons (Fsp3) is 0.500. The fourth-order valence-electron chi connectivity index (χ4n) is 3.55. The van der Waals surface area contributed by atoms with Crippen LogP contribution in [0.1, 0.15) is 45.6 Å². The van der Waals surface area contributed by atoms with Crippen molar-refractivity contribution in [1.29, 1.82) is 0 Å². The molecule has 1 aliphatic rings. The molecule has 0 radical (unpaired) electrons. The van der Waals surface area contributed by atoms with Crippen molar-refractivity contribution in [3.8, 4) is 28.6 Å². The molecule has 10 nitrogen and oxygen atoms in total. The molecular weight excluding hydrogens is 418 g/mol. The lowest BCUT2D eigenvalue weighted by Crippen LogP contribution is -2.29. The summed E-state index contributed by atoms with van der Waals surface area (Å²) in [5.41, 5.74) is 7.05. The van der Waals surface area contributed by atoms with Crippen molar-refractivity contribution in [3.63, 3.8) is 0 Å². The van der Waals surface area contributed by atoms with Crippen LogP contribution in [-0.4, -0.2) is 59.1 Å². The third kappa shape index (κ3) is 7.77. The number of carboxylic acid groups (broad SMARTS) is 2. The zero-order valence-electron chi connectivity index (χ0n) is 19.2. The Labute approximate surface area is 187 Å². The average Bonchev–Trinajstić information content (AvgIpc) is 3.21. The molecule has 0 spiro atoms. The van der Waals surface area contributed by atoms with Gasteiger partial charge in [-0.05, 0) is 37.8 Å². The Morgan fingerprint density at radius 1 is 1.03 bits per heavy atom. The monoisotopic (exact) mass is 451 g/mol. The number of carbonyl (C=O) groups is 2. The molecular formula is C22H33N3O7. The summed E-state index contributed by atoms with van der Waals surface area (Å²) in [6.45, 7) is 2.17. The number of carboxylic acids is 2. The molecule has 2 aromatic rings. The lowest BCUT2D eigenvalue weighted by atomic mass is 9.91. The maximum absolute atomic E-state index is 9.00. The van der Waals surface area contributed by atoms with E-state index in [1.54, 1.807) is 21.3 Å². The highest BCUT2D eigenvalue weighted by molar-refractivity contribution is 5.72. The Morgan fingerprint density at radius 2 is 1.62 bits per heavy atom. The average molecular weight is 452 g/mol. The van der Waals surface area contributed by atoms with Gasteiger partial charge in [0.1, 0.15) is 5.82 Å². The van der Waals surface area contributed by atoms with Crippen LogP contribution in [0.5, 0.6) is 17.2 Å². The van der Waals surface area contributed by atoms with Gasteiger partial charge in [-0.15, -0.1) is 0 Å². The lowest BCUT2D eigenvalue weighted by molar-refractivity contribution is -0.135. The third-order valence-electron chi connectivity index (χ3n) is 4.69. The number of methoxy groups -OCH3 is 3. The van der Waals surface area contributed by atoms with E-state index in [1.165, 1.54) is 0 Å². The second kappa shape index (κ2) is 13.2. The molecule has 1 aliphatic carbocycles. The Kier molecular flexibility index (Phi) is 11.0. The van der Waals surface area contributed by atoms with Gasteiger partial charge >= 0.3 is 0 Å². The number of benzene rings is 1. The van der Waals surface area contributed by atoms with E-state index >= 15 is 0 Å². The van der Waals surface area contributed by atoms with Crippen LogP contribution in [0.4, 0.5) is 0 Å². The molecule has 2 atom stereocenters. The van der Waals surface area contributed by atoms with Gasteiger partial charge in [0.05, 0.1) is 26.9 Å². The zero-order chi connectivity index (χ0) is 24.3. The zero-order valence-corrected chi connectivity index (χ0v) is 19.2. The topological polar surface area (TPSA) is 146 Å². The number of hydrogen-bond acceptors (Lipinski definition) is 7. The summed E-state index contributed by atoms with van der Waals surface area (Å²) in [7, 11) is 4.85. The largest absolute Gasteiger partial charge is 0.493 e. The van der Waals surface area contributed by atoms with Crippen LogP contribution in [0.3, 0.4) is 0 Å². The summed E-state index contributed by atoms with van der Waals surface area (Å²) in [6.07, 6.45) is 8.18. The highest BCUT2D eigenvalue weighted by Gasteiger charge is 2.25. The molecule has 0 aliphatic heterocycles. The van der Waals surface area contributed by atoms with Crippen molar-refractivity contribution in [3.05, 3.63) is 24.5 Å². The molecule has 1 aromatic carbocycles. The highest BCUT2D eigenvalue weighted by Crippen LogP contribution is 2.44. The number of rotatable bonds is 5. The van der Waals surface area contributed by atoms with Crippen LogP contribution in [0.2, 0.25) is 0 Å². The first kappa shape index (κ1) is 26.8. The van der Waals surface area contributed by atoms with Crippen molar-refractivity contribution >= 4 is 11.9 Å². The van der Waals surface area contributed by atoms with Crippen molar-refractivity contribution in [2.75, 3.05) is 21.3 Å². The summed E-state index contributed by atoms with van der Waals surface area (Å²) >= 11 is 0. The van der Waals surface area contributed by atoms with E-state index in [2.05, 4.69) is 9.55 Å². The molecule has 0 amide bonds. The fourth-order valence-corrected chi connectivity index (χ4v) is 3.55. The summed E-state index contributed by atoms with van der Waals surface area (Å²) in [6, 6.07) is 4.46. The molecule has 0 saturated heterocycles. The number of aromatic nitrogens is 2. The molecule has 3 rings (SSSR count). The summed E-state index contributed by atoms with van der Waals surface area (Å²) in [5.74, 6) is 1.04. The number of nitrogens with zero attached hydrogens (tertiary/aromatic N) is 2. The van der Waals surface area contributed by atoms with E-state index < -0.39 is 11.9 Å². The molecule has 178 valence electrons. The first-order valence-corrected chi connectivity index (χ1v) is 10.1. The number of ether oxygens (including phenoxy) is 3. The smallest absolute Gasteiger partial charge is 0.300 e. The van der Waals surface area contributed by atoms with Gasteiger partial charge in [0, 0.05) is 38.3 Å². The number of imidazole rings is 1. The third-order valence-corrected chi connectivity index (χ3v) is 4.69. The summed E-state index contributed by atoms with van der Waals surface area (Å²) in [4.78, 5) is 22.6. The second-order valence-corrected chi connectivity index (χ2v) is 7.16. The predicted molar refractivity (Wildman–Crippen MR) is 119 cm³/mol. The van der Waals surface area contributed by atoms with E-state index in [1.807, 2.05) is 24.5 Å². The molecule has 1 heterocycles. The van der Waals surface area contributed by atoms with Crippen LogP contribution in [-0.2, 0) is 9.59 Å². The van der Waals surface area contributed by atoms with E-state index in [4.69, 9.17) is 39.7 Å². The van der Waals surface area contributed by atoms with Gasteiger partial charge in [0.25, 0.3) is 11.9 Å². The predicted octanol–water partition coefficient (Wildman–Crippen LogP) is 3.20. The molecule has 1 aromatic heterocycles. The molecule has 1 saturated carbocycles. The van der Waals surface area contributed by atoms with Gasteiger partial charge < -0.3 is 34.7 Å². The maximum Gasteiger partial charge on any atom is 0.300 e. The van der Waals surface area contributed by atoms with Gasteiger partial charge in [-0.25, -0.2) is 4.98 Å². The van der Waals surface area contributed by atoms with Gasteiger partial charge in [0.2, 0.25) is 5.75 Å². The number of aliphatic carboxylic acids is 2.